The lowest BCUT2D eigenvalue weighted by Crippen LogP contribution is -1.78. The third kappa shape index (κ3) is 5.90. The quantitative estimate of drug-likeness (QED) is 0.527. The molecule has 0 aliphatic heterocycles. The van der Waals surface area contributed by atoms with E-state index in [0.29, 0.717) is 0 Å². The standard InChI is InChI=1S/C2H6N2O2S2/c1-7(5)3-4-8(2)6/h1-2H3/t7-,8?/m0/s1. The second-order valence-corrected chi connectivity index (χ2v) is 3.03. The fraction of sp³-hybridized carbons (Fsp3) is 1.00. The van der Waals surface area contributed by atoms with Crippen LogP contribution in [0.3, 0.4) is 0 Å². The molecule has 6 heteroatoms. The smallest absolute Gasteiger partial charge is 0.156 e. The van der Waals surface area contributed by atoms with Crippen molar-refractivity contribution in [1.29, 1.82) is 0 Å². The molecule has 0 aromatic heterocycles. The zero-order chi connectivity index (χ0) is 6.57. The van der Waals surface area contributed by atoms with Crippen molar-refractivity contribution in [2.45, 2.75) is 0 Å². The molecule has 0 aliphatic carbocycles. The van der Waals surface area contributed by atoms with Crippen LogP contribution in [0.5, 0.6) is 0 Å². The third-order valence-electron chi connectivity index (χ3n) is 0.263. The lowest BCUT2D eigenvalue weighted by Gasteiger charge is -1.76. The van der Waals surface area contributed by atoms with Crippen LogP contribution in [-0.2, 0) is 22.0 Å². The van der Waals surface area contributed by atoms with Gasteiger partial charge in [0, 0.05) is 12.5 Å². The summed E-state index contributed by atoms with van der Waals surface area (Å²) in [5.74, 6) is 0. The van der Waals surface area contributed by atoms with Gasteiger partial charge in [-0.05, 0) is 0 Å². The Hall–Kier alpha value is -0.100. The monoisotopic (exact) mass is 154 g/mol. The molecule has 0 heterocycles. The van der Waals surface area contributed by atoms with E-state index < -0.39 is 22.0 Å². The molecule has 0 fully saturated rings. The Morgan fingerprint density at radius 2 is 1.25 bits per heavy atom. The fourth-order valence-electron chi connectivity index (χ4n) is 0.0939. The Balaban J connectivity index is 3.67. The van der Waals surface area contributed by atoms with Gasteiger partial charge in [0.1, 0.15) is 0 Å². The van der Waals surface area contributed by atoms with Crippen LogP contribution in [0.4, 0.5) is 0 Å². The first-order chi connectivity index (χ1) is 3.63. The van der Waals surface area contributed by atoms with Gasteiger partial charge in [-0.25, -0.2) is 8.42 Å². The fourth-order valence-corrected chi connectivity index (χ4v) is 0.845. The second kappa shape index (κ2) is 3.85. The van der Waals surface area contributed by atoms with Gasteiger partial charge in [-0.3, -0.25) is 0 Å². The lowest BCUT2D eigenvalue weighted by molar-refractivity contribution is 0.681. The lowest BCUT2D eigenvalue weighted by atomic mass is 12.0. The first-order valence-corrected chi connectivity index (χ1v) is 4.74. The highest BCUT2D eigenvalue weighted by Crippen LogP contribution is 1.82. The molecule has 0 amide bonds. The Kier molecular flexibility index (Phi) is 3.80. The van der Waals surface area contributed by atoms with Gasteiger partial charge in [0.15, 0.2) is 22.0 Å². The average Bonchev–Trinajstić information content (AvgIpc) is 1.61. The number of hydrogen-bond acceptors (Lipinski definition) is 2. The zero-order valence-electron chi connectivity index (χ0n) is 4.53. The van der Waals surface area contributed by atoms with Crippen LogP contribution >= 0.6 is 0 Å². The van der Waals surface area contributed by atoms with Crippen molar-refractivity contribution in [2.24, 2.45) is 9.04 Å². The Morgan fingerprint density at radius 3 is 1.38 bits per heavy atom. The van der Waals surface area contributed by atoms with Gasteiger partial charge in [-0.15, -0.1) is 0 Å². The van der Waals surface area contributed by atoms with Gasteiger partial charge in [0.25, 0.3) is 0 Å². The maximum Gasteiger partial charge on any atom is 0.156 e. The Morgan fingerprint density at radius 1 is 1.00 bits per heavy atom. The minimum atomic E-state index is -1.32. The molecule has 48 valence electrons. The minimum absolute atomic E-state index is 1.32. The number of nitrogens with zero attached hydrogens (tertiary/aromatic N) is 2. The van der Waals surface area contributed by atoms with Crippen LogP contribution in [-0.4, -0.2) is 20.9 Å². The summed E-state index contributed by atoms with van der Waals surface area (Å²) in [5, 5.41) is 0. The molecule has 0 aromatic carbocycles. The number of hydrogen-bond donors (Lipinski definition) is 0. The Labute approximate surface area is 52.6 Å². The van der Waals surface area contributed by atoms with Crippen molar-refractivity contribution in [3.05, 3.63) is 0 Å². The summed E-state index contributed by atoms with van der Waals surface area (Å²) < 4.78 is 26.4. The van der Waals surface area contributed by atoms with Crippen LogP contribution in [0.1, 0.15) is 0 Å². The average molecular weight is 154 g/mol. The van der Waals surface area contributed by atoms with E-state index in [0.717, 1.165) is 0 Å². The van der Waals surface area contributed by atoms with Crippen LogP contribution in [0.15, 0.2) is 9.04 Å². The molecule has 4 nitrogen and oxygen atoms in total. The van der Waals surface area contributed by atoms with Crippen molar-refractivity contribution in [3.8, 4) is 0 Å². The van der Waals surface area contributed by atoms with Gasteiger partial charge < -0.3 is 0 Å². The van der Waals surface area contributed by atoms with Crippen molar-refractivity contribution in [2.75, 3.05) is 12.5 Å². The summed E-state index contributed by atoms with van der Waals surface area (Å²) in [6.07, 6.45) is 2.72. The summed E-state index contributed by atoms with van der Waals surface area (Å²) >= 11 is 0. The molecule has 0 N–H and O–H groups in total. The minimum Gasteiger partial charge on any atom is -0.234 e. The maximum absolute atomic E-state index is 10.1. The van der Waals surface area contributed by atoms with Crippen LogP contribution in [0.25, 0.3) is 0 Å². The van der Waals surface area contributed by atoms with E-state index in [-0.39, 0.29) is 0 Å². The molecule has 2 atom stereocenters. The normalized spacial score (nSPS) is 18.8. The molecule has 0 spiro atoms. The van der Waals surface area contributed by atoms with E-state index in [9.17, 15) is 8.42 Å². The van der Waals surface area contributed by atoms with Gasteiger partial charge >= 0.3 is 0 Å². The molecule has 0 bridgehead atoms. The maximum atomic E-state index is 10.1. The summed E-state index contributed by atoms with van der Waals surface area (Å²) in [6.45, 7) is 0. The van der Waals surface area contributed by atoms with Crippen molar-refractivity contribution in [3.63, 3.8) is 0 Å². The SMILES string of the molecule is CS(=O)N=N[S@](C)=O. The van der Waals surface area contributed by atoms with Gasteiger partial charge in [0.05, 0.1) is 0 Å². The molecule has 0 saturated carbocycles. The van der Waals surface area contributed by atoms with E-state index >= 15 is 0 Å². The third-order valence-corrected chi connectivity index (χ3v) is 0.990. The summed E-state index contributed by atoms with van der Waals surface area (Å²) in [6, 6.07) is 0. The molecule has 1 unspecified atom stereocenters. The molecular weight excluding hydrogens is 148 g/mol. The van der Waals surface area contributed by atoms with Gasteiger partial charge in [0.2, 0.25) is 0 Å². The van der Waals surface area contributed by atoms with E-state index in [2.05, 4.69) is 9.04 Å². The molecule has 0 aliphatic rings. The van der Waals surface area contributed by atoms with Crippen LogP contribution in [0, 0.1) is 0 Å². The van der Waals surface area contributed by atoms with E-state index in [4.69, 9.17) is 0 Å². The zero-order valence-corrected chi connectivity index (χ0v) is 6.16. The van der Waals surface area contributed by atoms with E-state index in [1.807, 2.05) is 0 Å². The van der Waals surface area contributed by atoms with E-state index in [1.165, 1.54) is 12.5 Å². The highest BCUT2D eigenvalue weighted by atomic mass is 32.2. The van der Waals surface area contributed by atoms with Crippen LogP contribution in [0.2, 0.25) is 0 Å². The van der Waals surface area contributed by atoms with Crippen molar-refractivity contribution in [1.82, 2.24) is 0 Å². The summed E-state index contributed by atoms with van der Waals surface area (Å²) in [5.41, 5.74) is 0. The van der Waals surface area contributed by atoms with Crippen molar-refractivity contribution < 1.29 is 8.42 Å². The first kappa shape index (κ1) is 7.90. The largest absolute Gasteiger partial charge is 0.234 e. The van der Waals surface area contributed by atoms with Gasteiger partial charge in [-0.1, -0.05) is 9.04 Å². The predicted octanol–water partition coefficient (Wildman–Crippen LogP) is 0.0256. The van der Waals surface area contributed by atoms with Gasteiger partial charge in [-0.2, -0.15) is 0 Å². The molecule has 0 saturated heterocycles. The van der Waals surface area contributed by atoms with Crippen LogP contribution < -0.4 is 0 Å². The second-order valence-electron chi connectivity index (χ2n) is 1.01. The molecule has 0 rings (SSSR count). The summed E-state index contributed by atoms with van der Waals surface area (Å²) in [4.78, 5) is 0. The topological polar surface area (TPSA) is 58.9 Å². The number of rotatable bonds is 2. The molecule has 0 aromatic rings. The Bertz CT molecular complexity index is 127. The molecule has 0 radical (unpaired) electrons. The highest BCUT2D eigenvalue weighted by Gasteiger charge is 1.82. The predicted molar refractivity (Wildman–Crippen MR) is 33.0 cm³/mol. The molecular formula is C2H6N2O2S2. The first-order valence-electron chi connectivity index (χ1n) is 1.71. The highest BCUT2D eigenvalue weighted by molar-refractivity contribution is 7.85. The van der Waals surface area contributed by atoms with E-state index in [1.54, 1.807) is 0 Å². The molecule has 8 heavy (non-hydrogen) atoms. The summed E-state index contributed by atoms with van der Waals surface area (Å²) in [7, 11) is -2.64. The van der Waals surface area contributed by atoms with Crippen molar-refractivity contribution >= 4 is 22.0 Å².